The average Bonchev–Trinajstić information content (AvgIpc) is 2.45. The zero-order chi connectivity index (χ0) is 13.8. The maximum atomic E-state index is 11.7. The quantitative estimate of drug-likeness (QED) is 0.790. The SMILES string of the molecule is C=Cc1cnc2c(COC)cc(C(=O)OC)cc2c1. The molecule has 4 heteroatoms. The van der Waals surface area contributed by atoms with E-state index in [0.717, 1.165) is 22.0 Å². The van der Waals surface area contributed by atoms with E-state index < -0.39 is 0 Å². The van der Waals surface area contributed by atoms with Crippen molar-refractivity contribution >= 4 is 22.9 Å². The van der Waals surface area contributed by atoms with Gasteiger partial charge in [0.15, 0.2) is 0 Å². The molecule has 2 aromatic rings. The minimum Gasteiger partial charge on any atom is -0.465 e. The molecule has 0 saturated heterocycles. The van der Waals surface area contributed by atoms with Gasteiger partial charge < -0.3 is 9.47 Å². The number of rotatable bonds is 4. The molecule has 1 heterocycles. The van der Waals surface area contributed by atoms with Crippen LogP contribution < -0.4 is 0 Å². The van der Waals surface area contributed by atoms with E-state index in [1.54, 1.807) is 31.5 Å². The number of benzene rings is 1. The molecule has 0 radical (unpaired) electrons. The molecule has 1 aromatic carbocycles. The smallest absolute Gasteiger partial charge is 0.337 e. The molecule has 0 saturated carbocycles. The summed E-state index contributed by atoms with van der Waals surface area (Å²) in [6.07, 6.45) is 3.46. The van der Waals surface area contributed by atoms with Crippen molar-refractivity contribution in [2.24, 2.45) is 0 Å². The van der Waals surface area contributed by atoms with Crippen LogP contribution in [-0.2, 0) is 16.1 Å². The summed E-state index contributed by atoms with van der Waals surface area (Å²) in [5.41, 5.74) is 3.07. The third-order valence-electron chi connectivity index (χ3n) is 2.84. The van der Waals surface area contributed by atoms with Crippen LogP contribution in [0.3, 0.4) is 0 Å². The van der Waals surface area contributed by atoms with Crippen molar-refractivity contribution in [2.45, 2.75) is 6.61 Å². The number of esters is 1. The van der Waals surface area contributed by atoms with E-state index in [4.69, 9.17) is 9.47 Å². The second kappa shape index (κ2) is 5.63. The molecule has 1 aromatic heterocycles. The Bertz CT molecular complexity index is 635. The molecular weight excluding hydrogens is 242 g/mol. The Balaban J connectivity index is 2.67. The van der Waals surface area contributed by atoms with Crippen LogP contribution in [0, 0.1) is 0 Å². The summed E-state index contributed by atoms with van der Waals surface area (Å²) < 4.78 is 9.90. The van der Waals surface area contributed by atoms with Crippen molar-refractivity contribution in [1.82, 2.24) is 4.98 Å². The summed E-state index contributed by atoms with van der Waals surface area (Å²) in [4.78, 5) is 16.1. The van der Waals surface area contributed by atoms with Crippen LogP contribution in [0.2, 0.25) is 0 Å². The van der Waals surface area contributed by atoms with Gasteiger partial charge in [-0.05, 0) is 23.8 Å². The molecule has 0 unspecified atom stereocenters. The van der Waals surface area contributed by atoms with Crippen molar-refractivity contribution in [3.8, 4) is 0 Å². The maximum Gasteiger partial charge on any atom is 0.337 e. The Morgan fingerprint density at radius 3 is 2.79 bits per heavy atom. The molecule has 0 spiro atoms. The fourth-order valence-electron chi connectivity index (χ4n) is 1.96. The fourth-order valence-corrected chi connectivity index (χ4v) is 1.96. The molecular formula is C15H15NO3. The van der Waals surface area contributed by atoms with E-state index in [2.05, 4.69) is 11.6 Å². The number of pyridine rings is 1. The van der Waals surface area contributed by atoms with Crippen LogP contribution in [0.5, 0.6) is 0 Å². The van der Waals surface area contributed by atoms with Crippen LogP contribution >= 0.6 is 0 Å². The lowest BCUT2D eigenvalue weighted by Crippen LogP contribution is -2.03. The standard InChI is InChI=1S/C15H15NO3/c1-4-10-5-11-6-12(15(17)19-3)7-13(9-18-2)14(11)16-8-10/h4-8H,1,9H2,2-3H3. The van der Waals surface area contributed by atoms with Gasteiger partial charge in [-0.25, -0.2) is 4.79 Å². The monoisotopic (exact) mass is 257 g/mol. The first-order chi connectivity index (χ1) is 9.19. The summed E-state index contributed by atoms with van der Waals surface area (Å²) in [5, 5.41) is 0.868. The van der Waals surface area contributed by atoms with E-state index in [9.17, 15) is 4.79 Å². The van der Waals surface area contributed by atoms with Gasteiger partial charge in [-0.15, -0.1) is 0 Å². The zero-order valence-electron chi connectivity index (χ0n) is 11.0. The number of fused-ring (bicyclic) bond motifs is 1. The highest BCUT2D eigenvalue weighted by Crippen LogP contribution is 2.22. The summed E-state index contributed by atoms with van der Waals surface area (Å²) in [6, 6.07) is 5.44. The predicted octanol–water partition coefficient (Wildman–Crippen LogP) is 2.81. The molecule has 0 N–H and O–H groups in total. The molecule has 0 fully saturated rings. The number of hydrogen-bond donors (Lipinski definition) is 0. The highest BCUT2D eigenvalue weighted by Gasteiger charge is 2.11. The first-order valence-electron chi connectivity index (χ1n) is 5.82. The highest BCUT2D eigenvalue weighted by atomic mass is 16.5. The van der Waals surface area contributed by atoms with Crippen molar-refractivity contribution < 1.29 is 14.3 Å². The van der Waals surface area contributed by atoms with Gasteiger partial charge in [0.1, 0.15) is 0 Å². The molecule has 98 valence electrons. The molecule has 0 atom stereocenters. The largest absolute Gasteiger partial charge is 0.465 e. The Morgan fingerprint density at radius 2 is 2.16 bits per heavy atom. The van der Waals surface area contributed by atoms with E-state index >= 15 is 0 Å². The summed E-state index contributed by atoms with van der Waals surface area (Å²) in [6.45, 7) is 4.10. The zero-order valence-corrected chi connectivity index (χ0v) is 11.0. The number of carbonyl (C=O) groups is 1. The molecule has 0 aliphatic carbocycles. The minimum absolute atomic E-state index is 0.372. The number of ether oxygens (including phenoxy) is 2. The molecule has 4 nitrogen and oxygen atoms in total. The van der Waals surface area contributed by atoms with Gasteiger partial charge in [-0.2, -0.15) is 0 Å². The predicted molar refractivity (Wildman–Crippen MR) is 73.9 cm³/mol. The number of nitrogens with zero attached hydrogens (tertiary/aromatic N) is 1. The van der Waals surface area contributed by atoms with Gasteiger partial charge in [0, 0.05) is 24.3 Å². The van der Waals surface area contributed by atoms with Gasteiger partial charge in [0.05, 0.1) is 24.8 Å². The number of aromatic nitrogens is 1. The third kappa shape index (κ3) is 2.63. The fraction of sp³-hybridized carbons (Fsp3) is 0.200. The summed E-state index contributed by atoms with van der Waals surface area (Å²) in [5.74, 6) is -0.372. The highest BCUT2D eigenvalue weighted by molar-refractivity contribution is 5.96. The second-order valence-electron chi connectivity index (χ2n) is 4.10. The van der Waals surface area contributed by atoms with Gasteiger partial charge >= 0.3 is 5.97 Å². The van der Waals surface area contributed by atoms with Crippen LogP contribution in [0.1, 0.15) is 21.5 Å². The first kappa shape index (κ1) is 13.2. The number of hydrogen-bond acceptors (Lipinski definition) is 4. The normalized spacial score (nSPS) is 10.4. The molecule has 0 amide bonds. The molecule has 0 aliphatic rings. The summed E-state index contributed by atoms with van der Waals surface area (Å²) in [7, 11) is 2.97. The molecule has 2 rings (SSSR count). The molecule has 19 heavy (non-hydrogen) atoms. The lowest BCUT2D eigenvalue weighted by Gasteiger charge is -2.08. The molecule has 0 bridgehead atoms. The first-order valence-corrected chi connectivity index (χ1v) is 5.82. The van der Waals surface area contributed by atoms with Gasteiger partial charge in [-0.3, -0.25) is 4.98 Å². The van der Waals surface area contributed by atoms with E-state index in [0.29, 0.717) is 12.2 Å². The van der Waals surface area contributed by atoms with E-state index in [-0.39, 0.29) is 5.97 Å². The van der Waals surface area contributed by atoms with Crippen molar-refractivity contribution in [2.75, 3.05) is 14.2 Å². The summed E-state index contributed by atoms with van der Waals surface area (Å²) >= 11 is 0. The van der Waals surface area contributed by atoms with E-state index in [1.165, 1.54) is 7.11 Å². The third-order valence-corrected chi connectivity index (χ3v) is 2.84. The van der Waals surface area contributed by atoms with Crippen LogP contribution in [0.15, 0.2) is 31.0 Å². The van der Waals surface area contributed by atoms with Crippen molar-refractivity contribution in [1.29, 1.82) is 0 Å². The lowest BCUT2D eigenvalue weighted by molar-refractivity contribution is 0.0600. The van der Waals surface area contributed by atoms with Crippen LogP contribution in [0.4, 0.5) is 0 Å². The molecule has 0 aliphatic heterocycles. The Morgan fingerprint density at radius 1 is 1.37 bits per heavy atom. The number of methoxy groups -OCH3 is 2. The lowest BCUT2D eigenvalue weighted by atomic mass is 10.0. The van der Waals surface area contributed by atoms with Crippen LogP contribution in [0.25, 0.3) is 17.0 Å². The Labute approximate surface area is 111 Å². The van der Waals surface area contributed by atoms with E-state index in [1.807, 2.05) is 6.07 Å². The Hall–Kier alpha value is -2.20. The second-order valence-corrected chi connectivity index (χ2v) is 4.10. The average molecular weight is 257 g/mol. The minimum atomic E-state index is -0.372. The van der Waals surface area contributed by atoms with Crippen LogP contribution in [-0.4, -0.2) is 25.2 Å². The van der Waals surface area contributed by atoms with Gasteiger partial charge in [-0.1, -0.05) is 12.7 Å². The Kier molecular flexibility index (Phi) is 3.92. The maximum absolute atomic E-state index is 11.7. The van der Waals surface area contributed by atoms with Crippen molar-refractivity contribution in [3.63, 3.8) is 0 Å². The number of carbonyl (C=O) groups excluding carboxylic acids is 1. The van der Waals surface area contributed by atoms with Gasteiger partial charge in [0.25, 0.3) is 0 Å². The topological polar surface area (TPSA) is 48.4 Å². The van der Waals surface area contributed by atoms with Gasteiger partial charge in [0.2, 0.25) is 0 Å². The van der Waals surface area contributed by atoms with Crippen molar-refractivity contribution in [3.05, 3.63) is 47.7 Å².